The second-order valence-corrected chi connectivity index (χ2v) is 8.05. The molecule has 2 aliphatic heterocycles. The number of amides is 1. The summed E-state index contributed by atoms with van der Waals surface area (Å²) in [5.41, 5.74) is 5.40. The van der Waals surface area contributed by atoms with Gasteiger partial charge in [0, 0.05) is 31.5 Å². The molecule has 4 rings (SSSR count). The van der Waals surface area contributed by atoms with Gasteiger partial charge in [-0.1, -0.05) is 6.07 Å². The minimum Gasteiger partial charge on any atom is -0.507 e. The van der Waals surface area contributed by atoms with Gasteiger partial charge in [0.1, 0.15) is 23.2 Å². The third-order valence-corrected chi connectivity index (χ3v) is 6.14. The predicted octanol–water partition coefficient (Wildman–Crippen LogP) is -1.30. The molecule has 1 saturated carbocycles. The third kappa shape index (κ3) is 3.78. The number of rotatable bonds is 7. The van der Waals surface area contributed by atoms with Crippen LogP contribution in [0.4, 0.5) is 0 Å². The highest BCUT2D eigenvalue weighted by Crippen LogP contribution is 2.56. The molecule has 0 bridgehead atoms. The van der Waals surface area contributed by atoms with Crippen LogP contribution in [0.2, 0.25) is 5.82 Å². The van der Waals surface area contributed by atoms with Crippen LogP contribution in [0, 0.1) is 0 Å². The van der Waals surface area contributed by atoms with Gasteiger partial charge in [0.25, 0.3) is 0 Å². The number of primary amides is 1. The van der Waals surface area contributed by atoms with E-state index in [0.29, 0.717) is 38.0 Å². The number of hydrogen-bond donors (Lipinski definition) is 6. The summed E-state index contributed by atoms with van der Waals surface area (Å²) < 4.78 is 5.82. The number of nitrogens with zero attached hydrogens (tertiary/aromatic N) is 1. The maximum absolute atomic E-state index is 11.7. The Hall–Kier alpha value is -2.34. The number of carboxylic acid groups (broad SMARTS) is 1. The first-order chi connectivity index (χ1) is 13.8. The minimum atomic E-state index is -1.50. The lowest BCUT2D eigenvalue weighted by atomic mass is 9.81. The number of phenols is 1. The summed E-state index contributed by atoms with van der Waals surface area (Å²) in [6, 6.07) is 2.95. The minimum absolute atomic E-state index is 0.0877. The van der Waals surface area contributed by atoms with Crippen LogP contribution in [-0.4, -0.2) is 82.0 Å². The number of carbonyl (C=O) groups excluding carboxylic acids is 1. The molecule has 1 unspecified atom stereocenters. The molecule has 2 saturated heterocycles. The number of nitrogens with two attached hydrogens (primary N) is 1. The Kier molecular flexibility index (Phi) is 5.15. The summed E-state index contributed by atoms with van der Waals surface area (Å²) in [4.78, 5) is 25.1. The highest BCUT2D eigenvalue weighted by atomic mass is 16.5. The van der Waals surface area contributed by atoms with Crippen molar-refractivity contribution in [2.75, 3.05) is 19.6 Å². The summed E-state index contributed by atoms with van der Waals surface area (Å²) in [6.07, 6.45) is 0.889. The van der Waals surface area contributed by atoms with Crippen molar-refractivity contribution in [2.24, 2.45) is 5.73 Å². The van der Waals surface area contributed by atoms with E-state index in [1.165, 1.54) is 6.07 Å². The number of ether oxygens (including phenoxy) is 1. The SMILES string of the molecule is NC(=O)[C@H]1C[C@H](N2CC(Oc3ccc(C4C[C@H]4B(O)O)c(O)c3C(=O)O)C2)CN1. The zero-order valence-corrected chi connectivity index (χ0v) is 15.7. The van der Waals surface area contributed by atoms with Crippen LogP contribution in [0.25, 0.3) is 0 Å². The first kappa shape index (κ1) is 20.0. The predicted molar refractivity (Wildman–Crippen MR) is 102 cm³/mol. The van der Waals surface area contributed by atoms with Crippen LogP contribution in [0.5, 0.6) is 11.5 Å². The summed E-state index contributed by atoms with van der Waals surface area (Å²) >= 11 is 0. The van der Waals surface area contributed by atoms with Crippen molar-refractivity contribution in [1.29, 1.82) is 0 Å². The lowest BCUT2D eigenvalue weighted by molar-refractivity contribution is -0.119. The molecule has 29 heavy (non-hydrogen) atoms. The van der Waals surface area contributed by atoms with Crippen molar-refractivity contribution in [3.05, 3.63) is 23.3 Å². The van der Waals surface area contributed by atoms with Gasteiger partial charge >= 0.3 is 13.1 Å². The summed E-state index contributed by atoms with van der Waals surface area (Å²) in [7, 11) is -1.50. The normalized spacial score (nSPS) is 29.3. The molecule has 1 aliphatic carbocycles. The average Bonchev–Trinajstić information content (AvgIpc) is 3.26. The molecule has 4 atom stereocenters. The second-order valence-electron chi connectivity index (χ2n) is 8.05. The lowest BCUT2D eigenvalue weighted by Crippen LogP contribution is -2.58. The highest BCUT2D eigenvalue weighted by Gasteiger charge is 2.48. The Labute approximate surface area is 167 Å². The van der Waals surface area contributed by atoms with Gasteiger partial charge in [-0.15, -0.1) is 0 Å². The molecule has 10 nitrogen and oxygen atoms in total. The molecule has 0 radical (unpaired) electrons. The van der Waals surface area contributed by atoms with Crippen LogP contribution in [0.15, 0.2) is 12.1 Å². The Morgan fingerprint density at radius 1 is 1.24 bits per heavy atom. The average molecular weight is 405 g/mol. The largest absolute Gasteiger partial charge is 0.507 e. The van der Waals surface area contributed by atoms with E-state index in [-0.39, 0.29) is 47.1 Å². The van der Waals surface area contributed by atoms with Gasteiger partial charge in [-0.05, 0) is 30.4 Å². The summed E-state index contributed by atoms with van der Waals surface area (Å²) in [5.74, 6) is -2.66. The Balaban J connectivity index is 1.40. The zero-order chi connectivity index (χ0) is 20.9. The van der Waals surface area contributed by atoms with E-state index in [9.17, 15) is 29.9 Å². The van der Waals surface area contributed by atoms with Gasteiger partial charge in [-0.3, -0.25) is 9.69 Å². The molecule has 0 spiro atoms. The molecule has 1 aromatic rings. The number of aromatic hydroxyl groups is 1. The van der Waals surface area contributed by atoms with Gasteiger partial charge in [0.05, 0.1) is 6.04 Å². The van der Waals surface area contributed by atoms with Crippen molar-refractivity contribution in [3.63, 3.8) is 0 Å². The third-order valence-electron chi connectivity index (χ3n) is 6.14. The molecule has 156 valence electrons. The van der Waals surface area contributed by atoms with Crippen molar-refractivity contribution >= 4 is 19.0 Å². The van der Waals surface area contributed by atoms with Gasteiger partial charge < -0.3 is 36.0 Å². The quantitative estimate of drug-likeness (QED) is 0.302. The van der Waals surface area contributed by atoms with Crippen LogP contribution < -0.4 is 15.8 Å². The van der Waals surface area contributed by atoms with E-state index in [0.717, 1.165) is 0 Å². The molecule has 11 heteroatoms. The van der Waals surface area contributed by atoms with E-state index in [4.69, 9.17) is 10.5 Å². The van der Waals surface area contributed by atoms with Crippen molar-refractivity contribution in [3.8, 4) is 11.5 Å². The van der Waals surface area contributed by atoms with Gasteiger partial charge in [-0.25, -0.2) is 4.79 Å². The molecular formula is C18H24BN3O7. The Morgan fingerprint density at radius 2 is 1.97 bits per heavy atom. The number of carboxylic acids is 1. The number of aromatic carboxylic acids is 1. The maximum atomic E-state index is 11.7. The lowest BCUT2D eigenvalue weighted by Gasteiger charge is -2.42. The molecular weight excluding hydrogens is 381 g/mol. The number of hydrogen-bond acceptors (Lipinski definition) is 8. The van der Waals surface area contributed by atoms with E-state index in [1.54, 1.807) is 6.07 Å². The number of carbonyl (C=O) groups is 2. The molecule has 3 aliphatic rings. The van der Waals surface area contributed by atoms with E-state index in [1.807, 2.05) is 0 Å². The number of benzene rings is 1. The maximum Gasteiger partial charge on any atom is 0.455 e. The molecule has 1 amide bonds. The van der Waals surface area contributed by atoms with Gasteiger partial charge in [-0.2, -0.15) is 0 Å². The smallest absolute Gasteiger partial charge is 0.455 e. The molecule has 0 aromatic heterocycles. The van der Waals surface area contributed by atoms with Gasteiger partial charge in [0.2, 0.25) is 5.91 Å². The first-order valence-corrected chi connectivity index (χ1v) is 9.65. The zero-order valence-electron chi connectivity index (χ0n) is 15.7. The molecule has 1 aromatic carbocycles. The fraction of sp³-hybridized carbons (Fsp3) is 0.556. The molecule has 3 fully saturated rings. The number of likely N-dealkylation sites (tertiary alicyclic amines) is 1. The standard InChI is InChI=1S/C18H24BN3O7/c20-17(24)13-3-8(5-21-13)22-6-9(7-22)29-14-2-1-10(11-4-12(11)19(27)28)16(23)15(14)18(25)26/h1-2,8-9,11-13,21,23,27-28H,3-7H2,(H2,20,24)(H,25,26)/t8-,11?,12+,13+/m0/s1. The van der Waals surface area contributed by atoms with E-state index < -0.39 is 18.9 Å². The summed E-state index contributed by atoms with van der Waals surface area (Å²) in [5, 5.41) is 41.6. The van der Waals surface area contributed by atoms with Crippen LogP contribution >= 0.6 is 0 Å². The van der Waals surface area contributed by atoms with E-state index in [2.05, 4.69) is 10.2 Å². The van der Waals surface area contributed by atoms with Crippen molar-refractivity contribution in [1.82, 2.24) is 10.2 Å². The van der Waals surface area contributed by atoms with E-state index >= 15 is 0 Å². The summed E-state index contributed by atoms with van der Waals surface area (Å²) in [6.45, 7) is 1.83. The van der Waals surface area contributed by atoms with Crippen molar-refractivity contribution in [2.45, 2.75) is 42.8 Å². The van der Waals surface area contributed by atoms with Crippen molar-refractivity contribution < 1.29 is 34.6 Å². The van der Waals surface area contributed by atoms with Crippen LogP contribution in [0.1, 0.15) is 34.7 Å². The Morgan fingerprint density at radius 3 is 2.52 bits per heavy atom. The van der Waals surface area contributed by atoms with Gasteiger partial charge in [0.15, 0.2) is 0 Å². The monoisotopic (exact) mass is 405 g/mol. The fourth-order valence-electron chi connectivity index (χ4n) is 4.33. The molecule has 2 heterocycles. The Bertz CT molecular complexity index is 830. The fourth-order valence-corrected chi connectivity index (χ4v) is 4.33. The number of nitrogens with one attached hydrogen (secondary N) is 1. The molecule has 7 N–H and O–H groups in total. The topological polar surface area (TPSA) is 166 Å². The van der Waals surface area contributed by atoms with Crippen LogP contribution in [0.3, 0.4) is 0 Å². The highest BCUT2D eigenvalue weighted by molar-refractivity contribution is 6.44. The second kappa shape index (κ2) is 7.49. The van der Waals surface area contributed by atoms with Crippen LogP contribution in [-0.2, 0) is 4.79 Å². The first-order valence-electron chi connectivity index (χ1n) is 9.65.